The summed E-state index contributed by atoms with van der Waals surface area (Å²) in [6.07, 6.45) is 3.63. The number of likely N-dealkylation sites (tertiary alicyclic amines) is 2. The van der Waals surface area contributed by atoms with E-state index < -0.39 is 6.61 Å². The van der Waals surface area contributed by atoms with E-state index in [0.717, 1.165) is 38.8 Å². The van der Waals surface area contributed by atoms with Crippen molar-refractivity contribution in [2.24, 2.45) is 11.8 Å². The van der Waals surface area contributed by atoms with Gasteiger partial charge in [-0.1, -0.05) is 0 Å². The van der Waals surface area contributed by atoms with Gasteiger partial charge in [0.05, 0.1) is 12.6 Å². The third-order valence-electron chi connectivity index (χ3n) is 5.50. The number of amides is 2. The van der Waals surface area contributed by atoms with Gasteiger partial charge >= 0.3 is 0 Å². The number of hydrogen-bond acceptors (Lipinski definition) is 5. The largest absolute Gasteiger partial charge is 0.387 e. The highest BCUT2D eigenvalue weighted by atomic mass is 16.3. The predicted molar refractivity (Wildman–Crippen MR) is 82.0 cm³/mol. The zero-order chi connectivity index (χ0) is 16.4. The third kappa shape index (κ3) is 3.33. The number of aliphatic hydroxyl groups excluding tert-OH is 1. The highest BCUT2D eigenvalue weighted by Gasteiger charge is 2.42. The number of hydrogen-bond donors (Lipinski definition) is 2. The van der Waals surface area contributed by atoms with Crippen LogP contribution in [-0.2, 0) is 9.59 Å². The molecule has 23 heavy (non-hydrogen) atoms. The van der Waals surface area contributed by atoms with Crippen LogP contribution in [0.4, 0.5) is 0 Å². The molecule has 3 rings (SSSR count). The van der Waals surface area contributed by atoms with Gasteiger partial charge in [0.2, 0.25) is 11.8 Å². The van der Waals surface area contributed by atoms with Gasteiger partial charge in [-0.15, -0.1) is 0 Å². The fraction of sp³-hybridized carbons (Fsp3) is 0.812. The van der Waals surface area contributed by atoms with Crippen LogP contribution in [-0.4, -0.2) is 71.6 Å². The Balaban J connectivity index is 1.43. The Morgan fingerprint density at radius 3 is 2.52 bits per heavy atom. The van der Waals surface area contributed by atoms with E-state index in [0.29, 0.717) is 31.0 Å². The number of aliphatic hydroxyl groups is 1. The number of fused-ring (bicyclic) bond motifs is 1. The number of nitrogens with one attached hydrogen (secondary N) is 1. The van der Waals surface area contributed by atoms with Crippen molar-refractivity contribution in [2.45, 2.75) is 37.8 Å². The van der Waals surface area contributed by atoms with Crippen LogP contribution in [0.15, 0.2) is 0 Å². The first-order valence-electron chi connectivity index (χ1n) is 8.43. The summed E-state index contributed by atoms with van der Waals surface area (Å²) in [7, 11) is 0. The van der Waals surface area contributed by atoms with E-state index in [-0.39, 0.29) is 17.9 Å². The van der Waals surface area contributed by atoms with Crippen LogP contribution in [0.1, 0.15) is 25.7 Å². The molecule has 7 nitrogen and oxygen atoms in total. The maximum atomic E-state index is 12.2. The minimum atomic E-state index is -0.411. The molecular formula is C16H24N4O3. The smallest absolute Gasteiger partial charge is 0.248 e. The molecule has 0 aromatic carbocycles. The van der Waals surface area contributed by atoms with Crippen molar-refractivity contribution in [3.63, 3.8) is 0 Å². The molecule has 1 aliphatic carbocycles. The van der Waals surface area contributed by atoms with Crippen molar-refractivity contribution in [3.05, 3.63) is 0 Å². The lowest BCUT2D eigenvalue weighted by molar-refractivity contribution is -0.133. The van der Waals surface area contributed by atoms with E-state index in [2.05, 4.69) is 11.4 Å². The molecule has 2 unspecified atom stereocenters. The van der Waals surface area contributed by atoms with E-state index in [4.69, 9.17) is 10.4 Å². The van der Waals surface area contributed by atoms with Gasteiger partial charge in [-0.2, -0.15) is 5.26 Å². The molecule has 3 fully saturated rings. The summed E-state index contributed by atoms with van der Waals surface area (Å²) in [5.41, 5.74) is 0. The lowest BCUT2D eigenvalue weighted by Gasteiger charge is -2.22. The van der Waals surface area contributed by atoms with Crippen LogP contribution >= 0.6 is 0 Å². The summed E-state index contributed by atoms with van der Waals surface area (Å²) in [6, 6.07) is 2.25. The molecule has 0 aromatic heterocycles. The predicted octanol–water partition coefficient (Wildman–Crippen LogP) is -0.680. The Morgan fingerprint density at radius 2 is 1.91 bits per heavy atom. The zero-order valence-electron chi connectivity index (χ0n) is 13.3. The maximum absolute atomic E-state index is 12.2. The highest BCUT2D eigenvalue weighted by molar-refractivity contribution is 5.79. The number of nitrogens with zero attached hydrogens (tertiary/aromatic N) is 3. The average molecular weight is 320 g/mol. The number of carbonyl (C=O) groups excluding carboxylic acids is 2. The summed E-state index contributed by atoms with van der Waals surface area (Å²) < 4.78 is 0. The van der Waals surface area contributed by atoms with Crippen molar-refractivity contribution in [2.75, 3.05) is 32.8 Å². The molecule has 2 amide bonds. The third-order valence-corrected chi connectivity index (χ3v) is 5.50. The first-order valence-corrected chi connectivity index (χ1v) is 8.43. The topological polar surface area (TPSA) is 96.7 Å². The Morgan fingerprint density at radius 1 is 1.22 bits per heavy atom. The van der Waals surface area contributed by atoms with Crippen molar-refractivity contribution >= 4 is 11.8 Å². The van der Waals surface area contributed by atoms with Crippen molar-refractivity contribution < 1.29 is 14.7 Å². The first-order chi connectivity index (χ1) is 11.1. The van der Waals surface area contributed by atoms with Crippen LogP contribution < -0.4 is 5.32 Å². The quantitative estimate of drug-likeness (QED) is 0.715. The van der Waals surface area contributed by atoms with Crippen molar-refractivity contribution in [3.8, 4) is 6.07 Å². The fourth-order valence-corrected chi connectivity index (χ4v) is 4.30. The zero-order valence-corrected chi connectivity index (χ0v) is 13.3. The Bertz CT molecular complexity index is 504. The number of rotatable bonds is 4. The van der Waals surface area contributed by atoms with E-state index >= 15 is 0 Å². The fourth-order valence-electron chi connectivity index (χ4n) is 4.30. The molecule has 3 aliphatic rings. The summed E-state index contributed by atoms with van der Waals surface area (Å²) in [5.74, 6) is 0.771. The van der Waals surface area contributed by atoms with Crippen molar-refractivity contribution in [1.29, 1.82) is 5.26 Å². The van der Waals surface area contributed by atoms with Crippen LogP contribution in [0.2, 0.25) is 0 Å². The molecule has 2 aliphatic heterocycles. The molecule has 1 saturated carbocycles. The van der Waals surface area contributed by atoms with E-state index in [9.17, 15) is 9.59 Å². The lowest BCUT2D eigenvalue weighted by Crippen LogP contribution is -2.43. The van der Waals surface area contributed by atoms with E-state index in [1.165, 1.54) is 0 Å². The van der Waals surface area contributed by atoms with Gasteiger partial charge in [0.15, 0.2) is 0 Å². The number of nitriles is 1. The SMILES string of the molecule is N#C[C@@H]1CCCN1C(=O)CNC1CC2CN(C(=O)CO)CC2C1. The normalized spacial score (nSPS) is 32.9. The summed E-state index contributed by atoms with van der Waals surface area (Å²) in [5, 5.41) is 21.3. The maximum Gasteiger partial charge on any atom is 0.248 e. The lowest BCUT2D eigenvalue weighted by atomic mass is 10.0. The van der Waals surface area contributed by atoms with Crippen LogP contribution in [0.5, 0.6) is 0 Å². The second-order valence-corrected chi connectivity index (χ2v) is 6.90. The van der Waals surface area contributed by atoms with Crippen LogP contribution in [0, 0.1) is 23.2 Å². The molecular weight excluding hydrogens is 296 g/mol. The second-order valence-electron chi connectivity index (χ2n) is 6.90. The molecule has 2 heterocycles. The van der Waals surface area contributed by atoms with Crippen LogP contribution in [0.25, 0.3) is 0 Å². The first kappa shape index (κ1) is 16.2. The van der Waals surface area contributed by atoms with Gasteiger partial charge in [0, 0.05) is 25.7 Å². The molecule has 126 valence electrons. The molecule has 2 N–H and O–H groups in total. The molecule has 2 saturated heterocycles. The number of carbonyl (C=O) groups is 2. The van der Waals surface area contributed by atoms with Gasteiger partial charge in [-0.25, -0.2) is 0 Å². The highest BCUT2D eigenvalue weighted by Crippen LogP contribution is 2.38. The Kier molecular flexibility index (Phi) is 4.83. The van der Waals surface area contributed by atoms with Gasteiger partial charge in [0.1, 0.15) is 12.6 Å². The molecule has 3 atom stereocenters. The molecule has 0 spiro atoms. The second kappa shape index (κ2) is 6.85. The van der Waals surface area contributed by atoms with Gasteiger partial charge in [0.25, 0.3) is 0 Å². The molecule has 0 aromatic rings. The molecule has 7 heteroatoms. The average Bonchev–Trinajstić information content (AvgIpc) is 3.24. The van der Waals surface area contributed by atoms with Gasteiger partial charge in [-0.3, -0.25) is 9.59 Å². The van der Waals surface area contributed by atoms with Gasteiger partial charge < -0.3 is 20.2 Å². The summed E-state index contributed by atoms with van der Waals surface area (Å²) >= 11 is 0. The van der Waals surface area contributed by atoms with Crippen LogP contribution in [0.3, 0.4) is 0 Å². The minimum Gasteiger partial charge on any atom is -0.387 e. The van der Waals surface area contributed by atoms with E-state index in [1.807, 2.05) is 0 Å². The molecule has 0 bridgehead atoms. The van der Waals surface area contributed by atoms with E-state index in [1.54, 1.807) is 9.80 Å². The Hall–Kier alpha value is -1.65. The standard InChI is InChI=1S/C16H24N4O3/c17-6-14-2-1-3-20(14)15(22)7-18-13-4-11-8-19(16(23)10-21)9-12(11)5-13/h11-14,18,21H,1-5,7-10H2/t11?,12?,13?,14-/m0/s1. The summed E-state index contributed by atoms with van der Waals surface area (Å²) in [6.45, 7) is 2.01. The molecule has 0 radical (unpaired) electrons. The Labute approximate surface area is 136 Å². The van der Waals surface area contributed by atoms with Crippen molar-refractivity contribution in [1.82, 2.24) is 15.1 Å². The minimum absolute atomic E-state index is 0.0168. The summed E-state index contributed by atoms with van der Waals surface area (Å²) in [4.78, 5) is 27.2. The monoisotopic (exact) mass is 320 g/mol. The van der Waals surface area contributed by atoms with Gasteiger partial charge in [-0.05, 0) is 37.5 Å².